The van der Waals surface area contributed by atoms with E-state index in [4.69, 9.17) is 0 Å². The second-order valence-corrected chi connectivity index (χ2v) is 6.68. The van der Waals surface area contributed by atoms with Crippen LogP contribution in [0, 0.1) is 24.2 Å². The van der Waals surface area contributed by atoms with Crippen LogP contribution < -0.4 is 0 Å². The van der Waals surface area contributed by atoms with Crippen LogP contribution in [0.1, 0.15) is 25.2 Å². The van der Waals surface area contributed by atoms with Gasteiger partial charge in [0.2, 0.25) is 0 Å². The van der Waals surface area contributed by atoms with Crippen molar-refractivity contribution in [2.24, 2.45) is 0 Å². The average molecular weight is 441 g/mol. The summed E-state index contributed by atoms with van der Waals surface area (Å²) in [6.45, 7) is 3.95. The van der Waals surface area contributed by atoms with E-state index in [1.165, 1.54) is 0 Å². The fraction of sp³-hybridized carbons (Fsp3) is 0.143. The van der Waals surface area contributed by atoms with Gasteiger partial charge in [0.05, 0.1) is 5.82 Å². The van der Waals surface area contributed by atoms with Gasteiger partial charge in [0.25, 0.3) is 0 Å². The maximum atomic E-state index is 14.0. The van der Waals surface area contributed by atoms with Gasteiger partial charge in [-0.15, -0.1) is 12.1 Å². The van der Waals surface area contributed by atoms with Crippen molar-refractivity contribution in [3.63, 3.8) is 0 Å². The summed E-state index contributed by atoms with van der Waals surface area (Å²) in [5.41, 5.74) is 1.21. The van der Waals surface area contributed by atoms with E-state index in [2.05, 4.69) is 32.3 Å². The van der Waals surface area contributed by atoms with E-state index in [9.17, 15) is 8.78 Å². The molecule has 0 radical (unpaired) electrons. The molecule has 29 heavy (non-hydrogen) atoms. The number of aromatic nitrogens is 5. The Balaban J connectivity index is 0.00000240. The number of nitrogens with zero attached hydrogens (tertiary/aromatic N) is 5. The van der Waals surface area contributed by atoms with E-state index in [1.807, 2.05) is 38.1 Å². The predicted octanol–water partition coefficient (Wildman–Crippen LogP) is 3.93. The number of pyridine rings is 3. The van der Waals surface area contributed by atoms with Gasteiger partial charge in [-0.25, -0.2) is 8.78 Å². The van der Waals surface area contributed by atoms with Crippen molar-refractivity contribution in [3.8, 4) is 17.1 Å². The van der Waals surface area contributed by atoms with Crippen LogP contribution in [0.15, 0.2) is 54.7 Å². The minimum absolute atomic E-state index is 0. The van der Waals surface area contributed by atoms with Crippen molar-refractivity contribution in [2.45, 2.75) is 19.3 Å². The number of rotatable bonds is 4. The summed E-state index contributed by atoms with van der Waals surface area (Å²) < 4.78 is 28.7. The summed E-state index contributed by atoms with van der Waals surface area (Å²) in [5, 5.41) is 4.15. The van der Waals surface area contributed by atoms with Gasteiger partial charge in [-0.3, -0.25) is 15.1 Å². The summed E-state index contributed by atoms with van der Waals surface area (Å²) >= 11 is 0. The molecule has 140 valence electrons. The molecule has 4 aromatic heterocycles. The molecule has 4 heterocycles. The fourth-order valence-corrected chi connectivity index (χ4v) is 2.86. The number of halogens is 2. The first-order valence-electron chi connectivity index (χ1n) is 8.56. The molecule has 0 fully saturated rings. The molecule has 0 aliphatic rings. The zero-order valence-corrected chi connectivity index (χ0v) is 18.9. The third-order valence-corrected chi connectivity index (χ3v) is 4.44. The summed E-state index contributed by atoms with van der Waals surface area (Å²) in [6, 6.07) is 16.1. The minimum atomic E-state index is -0.947. The van der Waals surface area contributed by atoms with Gasteiger partial charge < -0.3 is 9.67 Å². The Labute approximate surface area is 179 Å². The second kappa shape index (κ2) is 8.25. The van der Waals surface area contributed by atoms with Gasteiger partial charge in [0, 0.05) is 16.8 Å². The number of hydrogen-bond donors (Lipinski definition) is 0. The number of hydrogen-bond acceptors (Lipinski definition) is 4. The van der Waals surface area contributed by atoms with Crippen LogP contribution in [0.3, 0.4) is 0 Å². The van der Waals surface area contributed by atoms with Crippen molar-refractivity contribution in [1.82, 2.24) is 24.7 Å². The van der Waals surface area contributed by atoms with Crippen LogP contribution in [0.2, 0.25) is 0 Å². The van der Waals surface area contributed by atoms with Gasteiger partial charge in [-0.05, 0) is 31.7 Å². The minimum Gasteiger partial charge on any atom is -0.344 e. The first kappa shape index (κ1) is 20.9. The van der Waals surface area contributed by atoms with Crippen LogP contribution >= 0.6 is 0 Å². The van der Waals surface area contributed by atoms with Gasteiger partial charge in [-0.1, -0.05) is 48.3 Å². The topological polar surface area (TPSA) is 56.5 Å². The molecule has 0 unspecified atom stereocenters. The molecule has 0 aromatic carbocycles. The van der Waals surface area contributed by atoms with Crippen molar-refractivity contribution in [1.29, 1.82) is 0 Å². The zero-order chi connectivity index (χ0) is 19.7. The van der Waals surface area contributed by atoms with Gasteiger partial charge >= 0.3 is 19.5 Å². The Morgan fingerprint density at radius 2 is 1.69 bits per heavy atom. The fourth-order valence-electron chi connectivity index (χ4n) is 2.86. The monoisotopic (exact) mass is 439 g/mol. The summed E-state index contributed by atoms with van der Waals surface area (Å²) in [5.74, 6) is -1.24. The molecule has 0 aliphatic carbocycles. The molecule has 5 nitrogen and oxygen atoms in total. The zero-order valence-electron chi connectivity index (χ0n) is 15.9. The Kier molecular flexibility index (Phi) is 5.94. The normalized spacial score (nSPS) is 11.2. The largest absolute Gasteiger partial charge is 2.00 e. The van der Waals surface area contributed by atoms with Crippen LogP contribution in [-0.2, 0) is 24.9 Å². The first-order chi connectivity index (χ1) is 13.4. The van der Waals surface area contributed by atoms with Gasteiger partial charge in [0.1, 0.15) is 11.9 Å². The molecule has 0 aliphatic heterocycles. The standard InChI is InChI=1S/C21H15F2N5.Zn/c1-21(2,17-8-4-9-19(26-17)28-13-5-12-24-28)16-7-3-6-15(25-16)14-10-11-18(22)27-20(14)23;/h3-9,11-12H,1-2H3;/q-2;+2. The van der Waals surface area contributed by atoms with Crippen molar-refractivity contribution >= 4 is 0 Å². The van der Waals surface area contributed by atoms with Crippen LogP contribution in [0.5, 0.6) is 0 Å². The second-order valence-electron chi connectivity index (χ2n) is 6.68. The average Bonchev–Trinajstić information content (AvgIpc) is 3.23. The van der Waals surface area contributed by atoms with Crippen LogP contribution in [0.4, 0.5) is 8.78 Å². The molecule has 0 N–H and O–H groups in total. The van der Waals surface area contributed by atoms with E-state index < -0.39 is 17.3 Å². The van der Waals surface area contributed by atoms with E-state index in [1.54, 1.807) is 29.1 Å². The Hall–Kier alpha value is -2.86. The Bertz CT molecular complexity index is 1130. The van der Waals surface area contributed by atoms with Crippen molar-refractivity contribution in [3.05, 3.63) is 90.3 Å². The summed E-state index contributed by atoms with van der Waals surface area (Å²) in [6.07, 6.45) is 4.59. The summed E-state index contributed by atoms with van der Waals surface area (Å²) in [7, 11) is 0. The van der Waals surface area contributed by atoms with E-state index in [0.717, 1.165) is 11.8 Å². The Morgan fingerprint density at radius 3 is 2.38 bits per heavy atom. The maximum Gasteiger partial charge on any atom is 2.00 e. The third-order valence-electron chi connectivity index (χ3n) is 4.44. The molecule has 0 bridgehead atoms. The van der Waals surface area contributed by atoms with Crippen molar-refractivity contribution in [2.75, 3.05) is 0 Å². The molecule has 0 saturated heterocycles. The van der Waals surface area contributed by atoms with Gasteiger partial charge in [-0.2, -0.15) is 0 Å². The molecule has 0 amide bonds. The van der Waals surface area contributed by atoms with E-state index in [-0.39, 0.29) is 25.0 Å². The van der Waals surface area contributed by atoms with Gasteiger partial charge in [0.15, 0.2) is 0 Å². The van der Waals surface area contributed by atoms with Crippen molar-refractivity contribution < 1.29 is 28.3 Å². The Morgan fingerprint density at radius 1 is 0.966 bits per heavy atom. The molecule has 0 spiro atoms. The smallest absolute Gasteiger partial charge is 0.344 e. The van der Waals surface area contributed by atoms with Crippen LogP contribution in [-0.4, -0.2) is 24.7 Å². The maximum absolute atomic E-state index is 14.0. The van der Waals surface area contributed by atoms with E-state index >= 15 is 0 Å². The molecule has 8 heteroatoms. The molecule has 0 saturated carbocycles. The molecule has 4 rings (SSSR count). The molecule has 0 atom stereocenters. The van der Waals surface area contributed by atoms with E-state index in [0.29, 0.717) is 17.2 Å². The summed E-state index contributed by atoms with van der Waals surface area (Å²) in [4.78, 5) is 12.5. The first-order valence-corrected chi connectivity index (χ1v) is 8.56. The third kappa shape index (κ3) is 4.12. The predicted molar refractivity (Wildman–Crippen MR) is 98.5 cm³/mol. The SMILES string of the molecule is CC(C)(c1cccc(-c2[c-]cc(F)nc2F)n1)c1cccc(-n2[c-]ccn2)n1.[Zn+2]. The van der Waals surface area contributed by atoms with Crippen LogP contribution in [0.25, 0.3) is 17.1 Å². The quantitative estimate of drug-likeness (QED) is 0.274. The molecule has 4 aromatic rings. The molecular formula is C21H15F2N5Zn. The molecular weight excluding hydrogens is 426 g/mol.